The van der Waals surface area contributed by atoms with E-state index in [1.807, 2.05) is 13.8 Å². The van der Waals surface area contributed by atoms with E-state index in [2.05, 4.69) is 20.4 Å². The van der Waals surface area contributed by atoms with Crippen molar-refractivity contribution in [2.24, 2.45) is 11.1 Å². The van der Waals surface area contributed by atoms with Gasteiger partial charge < -0.3 is 15.6 Å². The van der Waals surface area contributed by atoms with Gasteiger partial charge >= 0.3 is 0 Å². The summed E-state index contributed by atoms with van der Waals surface area (Å²) in [6.45, 7) is 4.44. The number of hydrogen-bond donors (Lipinski definition) is 2. The van der Waals surface area contributed by atoms with Gasteiger partial charge in [-0.25, -0.2) is 0 Å². The van der Waals surface area contributed by atoms with E-state index in [9.17, 15) is 4.79 Å². The Labute approximate surface area is 153 Å². The summed E-state index contributed by atoms with van der Waals surface area (Å²) in [6.07, 6.45) is 4.70. The lowest BCUT2D eigenvalue weighted by Gasteiger charge is -2.28. The SMILES string of the molecule is CCC(CC)(CN)C(=O)NCc1nc(-c2ccncc2)no1.Cl.Cl. The second-order valence-electron chi connectivity index (χ2n) is 5.12. The molecule has 0 unspecified atom stereocenters. The summed E-state index contributed by atoms with van der Waals surface area (Å²) in [7, 11) is 0. The van der Waals surface area contributed by atoms with Crippen LogP contribution in [-0.4, -0.2) is 27.6 Å². The normalized spacial score (nSPS) is 10.5. The fourth-order valence-electron chi connectivity index (χ4n) is 2.24. The Morgan fingerprint density at radius 3 is 2.42 bits per heavy atom. The lowest BCUT2D eigenvalue weighted by atomic mass is 9.81. The number of halogens is 2. The second kappa shape index (κ2) is 10.2. The summed E-state index contributed by atoms with van der Waals surface area (Å²) in [6, 6.07) is 3.58. The molecule has 1 amide bonds. The number of amides is 1. The maximum absolute atomic E-state index is 12.3. The van der Waals surface area contributed by atoms with Gasteiger partial charge in [0, 0.05) is 24.5 Å². The highest BCUT2D eigenvalue weighted by molar-refractivity contribution is 5.85. The molecular formula is C15H23Cl2N5O2. The van der Waals surface area contributed by atoms with Crippen LogP contribution in [0.4, 0.5) is 0 Å². The number of nitrogens with one attached hydrogen (secondary N) is 1. The summed E-state index contributed by atoms with van der Waals surface area (Å²) in [5, 5.41) is 6.73. The zero-order valence-corrected chi connectivity index (χ0v) is 15.3. The Bertz CT molecular complexity index is 609. The van der Waals surface area contributed by atoms with Crippen molar-refractivity contribution in [3.05, 3.63) is 30.4 Å². The number of hydrogen-bond acceptors (Lipinski definition) is 6. The summed E-state index contributed by atoms with van der Waals surface area (Å²) >= 11 is 0. The molecule has 2 aromatic rings. The van der Waals surface area contributed by atoms with Gasteiger partial charge in [0.05, 0.1) is 12.0 Å². The largest absolute Gasteiger partial charge is 0.346 e. The van der Waals surface area contributed by atoms with Crippen LogP contribution >= 0.6 is 24.8 Å². The number of pyridine rings is 1. The molecule has 3 N–H and O–H groups in total. The molecule has 0 aliphatic heterocycles. The van der Waals surface area contributed by atoms with Gasteiger partial charge in [0.15, 0.2) is 0 Å². The monoisotopic (exact) mass is 375 g/mol. The highest BCUT2D eigenvalue weighted by Gasteiger charge is 2.33. The summed E-state index contributed by atoms with van der Waals surface area (Å²) in [5.41, 5.74) is 6.04. The molecule has 0 fully saturated rings. The summed E-state index contributed by atoms with van der Waals surface area (Å²) < 4.78 is 5.16. The number of nitrogens with zero attached hydrogens (tertiary/aromatic N) is 3. The summed E-state index contributed by atoms with van der Waals surface area (Å²) in [5.74, 6) is 0.754. The van der Waals surface area contributed by atoms with E-state index in [1.54, 1.807) is 24.5 Å². The van der Waals surface area contributed by atoms with Crippen molar-refractivity contribution in [1.29, 1.82) is 0 Å². The van der Waals surface area contributed by atoms with Gasteiger partial charge in [-0.05, 0) is 25.0 Å². The third kappa shape index (κ3) is 4.90. The molecule has 0 spiro atoms. The third-order valence-electron chi connectivity index (χ3n) is 4.03. The van der Waals surface area contributed by atoms with E-state index >= 15 is 0 Å². The van der Waals surface area contributed by atoms with Crippen molar-refractivity contribution in [1.82, 2.24) is 20.4 Å². The molecule has 7 nitrogen and oxygen atoms in total. The fourth-order valence-corrected chi connectivity index (χ4v) is 2.24. The third-order valence-corrected chi connectivity index (χ3v) is 4.03. The first-order valence-electron chi connectivity index (χ1n) is 7.36. The zero-order valence-electron chi connectivity index (χ0n) is 13.7. The molecule has 2 heterocycles. The molecule has 9 heteroatoms. The molecule has 0 radical (unpaired) electrons. The van der Waals surface area contributed by atoms with E-state index in [0.717, 1.165) is 5.56 Å². The Morgan fingerprint density at radius 1 is 1.25 bits per heavy atom. The van der Waals surface area contributed by atoms with E-state index in [4.69, 9.17) is 10.3 Å². The maximum atomic E-state index is 12.3. The number of carbonyl (C=O) groups is 1. The Hall–Kier alpha value is -1.70. The van der Waals surface area contributed by atoms with Crippen molar-refractivity contribution in [3.8, 4) is 11.4 Å². The van der Waals surface area contributed by atoms with Crippen molar-refractivity contribution in [2.45, 2.75) is 33.2 Å². The van der Waals surface area contributed by atoms with Crippen LogP contribution in [0.15, 0.2) is 29.0 Å². The molecule has 0 aliphatic carbocycles. The predicted octanol–water partition coefficient (Wildman–Crippen LogP) is 2.36. The minimum absolute atomic E-state index is 0. The molecule has 2 rings (SSSR count). The van der Waals surface area contributed by atoms with Gasteiger partial charge in [-0.2, -0.15) is 4.98 Å². The average molecular weight is 376 g/mol. The maximum Gasteiger partial charge on any atom is 0.246 e. The summed E-state index contributed by atoms with van der Waals surface area (Å²) in [4.78, 5) is 20.5. The van der Waals surface area contributed by atoms with E-state index in [-0.39, 0.29) is 37.3 Å². The molecule has 0 atom stereocenters. The first-order chi connectivity index (χ1) is 10.6. The topological polar surface area (TPSA) is 107 Å². The minimum Gasteiger partial charge on any atom is -0.346 e. The first kappa shape index (κ1) is 22.3. The Morgan fingerprint density at radius 2 is 1.88 bits per heavy atom. The number of carbonyl (C=O) groups excluding carboxylic acids is 1. The van der Waals surface area contributed by atoms with Crippen molar-refractivity contribution >= 4 is 30.7 Å². The highest BCUT2D eigenvalue weighted by atomic mass is 35.5. The van der Waals surface area contributed by atoms with E-state index in [1.165, 1.54) is 0 Å². The number of rotatable bonds is 7. The van der Waals surface area contributed by atoms with Crippen LogP contribution in [0.5, 0.6) is 0 Å². The molecule has 134 valence electrons. The molecular weight excluding hydrogens is 353 g/mol. The van der Waals surface area contributed by atoms with Gasteiger partial charge in [0.1, 0.15) is 0 Å². The van der Waals surface area contributed by atoms with Crippen LogP contribution < -0.4 is 11.1 Å². The van der Waals surface area contributed by atoms with Crippen LogP contribution in [0.2, 0.25) is 0 Å². The quantitative estimate of drug-likeness (QED) is 0.768. The van der Waals surface area contributed by atoms with Crippen LogP contribution in [0.25, 0.3) is 11.4 Å². The molecule has 2 aromatic heterocycles. The molecule has 0 saturated carbocycles. The second-order valence-corrected chi connectivity index (χ2v) is 5.12. The van der Waals surface area contributed by atoms with Crippen molar-refractivity contribution in [3.63, 3.8) is 0 Å². The Kier molecular flexibility index (Phi) is 9.50. The predicted molar refractivity (Wildman–Crippen MR) is 95.9 cm³/mol. The average Bonchev–Trinajstić information content (AvgIpc) is 3.05. The van der Waals surface area contributed by atoms with Gasteiger partial charge in [-0.15, -0.1) is 24.8 Å². The highest BCUT2D eigenvalue weighted by Crippen LogP contribution is 2.25. The van der Waals surface area contributed by atoms with Crippen LogP contribution in [-0.2, 0) is 11.3 Å². The fraction of sp³-hybridized carbons (Fsp3) is 0.467. The van der Waals surface area contributed by atoms with E-state index in [0.29, 0.717) is 31.1 Å². The molecule has 0 bridgehead atoms. The molecule has 0 aromatic carbocycles. The molecule has 0 saturated heterocycles. The number of nitrogens with two attached hydrogens (primary N) is 1. The van der Waals surface area contributed by atoms with Gasteiger partial charge in [0.25, 0.3) is 0 Å². The standard InChI is InChI=1S/C15H21N5O2.2ClH/c1-3-15(4-2,10-16)14(21)18-9-12-19-13(20-22-12)11-5-7-17-8-6-11;;/h5-8H,3-4,9-10,16H2,1-2H3,(H,18,21);2*1H. The number of aromatic nitrogens is 3. The lowest BCUT2D eigenvalue weighted by molar-refractivity contribution is -0.131. The van der Waals surface area contributed by atoms with E-state index < -0.39 is 5.41 Å². The van der Waals surface area contributed by atoms with Crippen molar-refractivity contribution < 1.29 is 9.32 Å². The lowest BCUT2D eigenvalue weighted by Crippen LogP contribution is -2.45. The van der Waals surface area contributed by atoms with Crippen LogP contribution in [0, 0.1) is 5.41 Å². The van der Waals surface area contributed by atoms with Gasteiger partial charge in [-0.3, -0.25) is 9.78 Å². The van der Waals surface area contributed by atoms with Crippen LogP contribution in [0.3, 0.4) is 0 Å². The Balaban J connectivity index is 0.00000264. The molecule has 0 aliphatic rings. The van der Waals surface area contributed by atoms with Crippen molar-refractivity contribution in [2.75, 3.05) is 6.54 Å². The van der Waals surface area contributed by atoms with Gasteiger partial charge in [0.2, 0.25) is 17.6 Å². The van der Waals surface area contributed by atoms with Crippen LogP contribution in [0.1, 0.15) is 32.6 Å². The smallest absolute Gasteiger partial charge is 0.246 e. The molecule has 24 heavy (non-hydrogen) atoms. The first-order valence-corrected chi connectivity index (χ1v) is 7.36. The van der Waals surface area contributed by atoms with Gasteiger partial charge in [-0.1, -0.05) is 19.0 Å². The minimum atomic E-state index is -0.534. The zero-order chi connectivity index (χ0) is 16.0.